The maximum Gasteiger partial charge on any atom is 0.180 e. The summed E-state index contributed by atoms with van der Waals surface area (Å²) in [5.74, 6) is 5.08. The predicted octanol–water partition coefficient (Wildman–Crippen LogP) is 3.15. The molecule has 0 heterocycles. The van der Waals surface area contributed by atoms with E-state index in [-0.39, 0.29) is 12.4 Å². The topological polar surface area (TPSA) is 30.5 Å². The van der Waals surface area contributed by atoms with Crippen molar-refractivity contribution >= 4 is 11.6 Å². The van der Waals surface area contributed by atoms with Gasteiger partial charge in [0.2, 0.25) is 0 Å². The van der Waals surface area contributed by atoms with E-state index < -0.39 is 0 Å². The zero-order valence-corrected chi connectivity index (χ0v) is 19.9. The first kappa shape index (κ1) is 22.8. The molecule has 6 rings (SSSR count). The molecule has 4 aliphatic rings. The Balaban J connectivity index is 0.00000231. The third-order valence-corrected chi connectivity index (χ3v) is 7.84. The van der Waals surface area contributed by atoms with Crippen molar-refractivity contribution < 1.29 is 21.9 Å². The summed E-state index contributed by atoms with van der Waals surface area (Å²) >= 11 is 6.61. The molecule has 0 amide bonds. The number of ether oxygens (including phenoxy) is 2. The molecular weight excluding hydrogens is 429 g/mol. The number of benzene rings is 2. The van der Waals surface area contributed by atoms with Gasteiger partial charge < -0.3 is 27.2 Å². The summed E-state index contributed by atoms with van der Waals surface area (Å²) in [5.41, 5.74) is 3.52. The fourth-order valence-corrected chi connectivity index (χ4v) is 6.64. The molecule has 4 bridgehead atoms. The van der Waals surface area contributed by atoms with Gasteiger partial charge in [0.1, 0.15) is 6.61 Å². The van der Waals surface area contributed by atoms with Gasteiger partial charge in [-0.2, -0.15) is 0 Å². The molecule has 2 aromatic rings. The van der Waals surface area contributed by atoms with E-state index in [0.29, 0.717) is 29.2 Å². The van der Waals surface area contributed by atoms with Crippen LogP contribution >= 0.6 is 11.6 Å². The van der Waals surface area contributed by atoms with Gasteiger partial charge in [0.15, 0.2) is 11.5 Å². The van der Waals surface area contributed by atoms with Gasteiger partial charge in [0.05, 0.1) is 12.1 Å². The molecule has 0 aliphatic heterocycles. The molecule has 168 valence electrons. The van der Waals surface area contributed by atoms with E-state index in [2.05, 4.69) is 42.6 Å². The lowest BCUT2D eigenvalue weighted by molar-refractivity contribution is -0.0142. The minimum atomic E-state index is 0. The summed E-state index contributed by atoms with van der Waals surface area (Å²) in [6, 6.07) is 13.1. The summed E-state index contributed by atoms with van der Waals surface area (Å²) in [6.07, 6.45) is 7.22. The first-order valence-electron chi connectivity index (χ1n) is 11.4. The van der Waals surface area contributed by atoms with Gasteiger partial charge in [-0.3, -0.25) is 0 Å². The van der Waals surface area contributed by atoms with Crippen LogP contribution in [0.5, 0.6) is 11.5 Å². The van der Waals surface area contributed by atoms with Gasteiger partial charge in [-0.1, -0.05) is 41.4 Å². The number of methoxy groups -OCH3 is 1. The number of hydrogen-bond donors (Lipinski definition) is 1. The van der Waals surface area contributed by atoms with Crippen molar-refractivity contribution in [1.82, 2.24) is 5.32 Å². The van der Waals surface area contributed by atoms with Crippen molar-refractivity contribution in [1.29, 1.82) is 0 Å². The molecule has 31 heavy (non-hydrogen) atoms. The molecule has 1 N–H and O–H groups in total. The molecule has 0 aromatic heterocycles. The van der Waals surface area contributed by atoms with Crippen LogP contribution in [0.25, 0.3) is 0 Å². The second-order valence-corrected chi connectivity index (χ2v) is 10.1. The van der Waals surface area contributed by atoms with Crippen molar-refractivity contribution in [3.8, 4) is 11.5 Å². The Bertz CT molecular complexity index is 871. The van der Waals surface area contributed by atoms with Crippen LogP contribution in [0.3, 0.4) is 0 Å². The van der Waals surface area contributed by atoms with Gasteiger partial charge in [0.25, 0.3) is 0 Å². The Morgan fingerprint density at radius 3 is 2.19 bits per heavy atom. The Kier molecular flexibility index (Phi) is 7.05. The highest BCUT2D eigenvalue weighted by molar-refractivity contribution is 6.32. The standard InChI is InChI=1S/C26H32ClNO2.ClH/c1-16-3-5-17(6-4-16)15-30-26-23(27)12-20(13-24(26)29-2)14-28-25-21-8-18-7-19(10-21)11-22(25)9-18;/h3-6,12-13,18-19,21-22,25,28H,7-11,14-15H2,1-2H3;1H/p-1. The van der Waals surface area contributed by atoms with Crippen molar-refractivity contribution in [2.24, 2.45) is 23.7 Å². The van der Waals surface area contributed by atoms with Crippen molar-refractivity contribution in [3.05, 3.63) is 58.1 Å². The molecule has 5 heteroatoms. The highest BCUT2D eigenvalue weighted by Crippen LogP contribution is 2.53. The third kappa shape index (κ3) is 4.84. The molecule has 2 aromatic carbocycles. The fourth-order valence-electron chi connectivity index (χ4n) is 6.35. The van der Waals surface area contributed by atoms with Crippen LogP contribution in [0.15, 0.2) is 36.4 Å². The first-order valence-corrected chi connectivity index (χ1v) is 11.7. The Morgan fingerprint density at radius 2 is 1.58 bits per heavy atom. The molecule has 4 aliphatic carbocycles. The van der Waals surface area contributed by atoms with Crippen LogP contribution in [0, 0.1) is 30.6 Å². The lowest BCUT2D eigenvalue weighted by atomic mass is 9.54. The highest BCUT2D eigenvalue weighted by Gasteiger charge is 2.47. The van der Waals surface area contributed by atoms with Crippen molar-refractivity contribution in [3.63, 3.8) is 0 Å². The largest absolute Gasteiger partial charge is 1.00 e. The monoisotopic (exact) mass is 460 g/mol. The summed E-state index contributed by atoms with van der Waals surface area (Å²) < 4.78 is 11.7. The van der Waals surface area contributed by atoms with Crippen LogP contribution in [-0.2, 0) is 13.2 Å². The van der Waals surface area contributed by atoms with Crippen LogP contribution < -0.4 is 27.2 Å². The maximum absolute atomic E-state index is 6.61. The average molecular weight is 461 g/mol. The Morgan fingerprint density at radius 1 is 0.935 bits per heavy atom. The zero-order valence-electron chi connectivity index (χ0n) is 18.4. The molecular formula is C26H32Cl2NO2-. The van der Waals surface area contributed by atoms with E-state index >= 15 is 0 Å². The smallest absolute Gasteiger partial charge is 0.180 e. The second-order valence-electron chi connectivity index (χ2n) is 9.72. The van der Waals surface area contributed by atoms with Gasteiger partial charge in [-0.25, -0.2) is 0 Å². The molecule has 4 fully saturated rings. The lowest BCUT2D eigenvalue weighted by Crippen LogP contribution is -3.00. The van der Waals surface area contributed by atoms with Crippen LogP contribution in [0.4, 0.5) is 0 Å². The molecule has 0 atom stereocenters. The van der Waals surface area contributed by atoms with Crippen molar-refractivity contribution in [2.75, 3.05) is 7.11 Å². The number of halogens is 2. The first-order chi connectivity index (χ1) is 14.6. The van der Waals surface area contributed by atoms with E-state index in [1.165, 1.54) is 37.7 Å². The Labute approximate surface area is 197 Å². The highest BCUT2D eigenvalue weighted by atomic mass is 35.5. The van der Waals surface area contributed by atoms with Gasteiger partial charge in [0, 0.05) is 12.6 Å². The lowest BCUT2D eigenvalue weighted by Gasteiger charge is -2.54. The maximum atomic E-state index is 6.61. The molecule has 0 spiro atoms. The van der Waals surface area contributed by atoms with Gasteiger partial charge in [-0.15, -0.1) is 0 Å². The summed E-state index contributed by atoms with van der Waals surface area (Å²) in [7, 11) is 1.68. The van der Waals surface area contributed by atoms with Gasteiger partial charge in [-0.05, 0) is 86.0 Å². The van der Waals surface area contributed by atoms with E-state index in [1.807, 2.05) is 6.07 Å². The van der Waals surface area contributed by atoms with Crippen LogP contribution in [0.2, 0.25) is 5.02 Å². The minimum Gasteiger partial charge on any atom is -1.00 e. The summed E-state index contributed by atoms with van der Waals surface area (Å²) in [6.45, 7) is 3.39. The summed E-state index contributed by atoms with van der Waals surface area (Å²) in [5, 5.41) is 4.50. The minimum absolute atomic E-state index is 0. The molecule has 0 saturated heterocycles. The predicted molar refractivity (Wildman–Crippen MR) is 121 cm³/mol. The molecule has 3 nitrogen and oxygen atoms in total. The SMILES string of the molecule is COc1cc(CNC2C3CC4CC(C3)CC2C4)cc(Cl)c1OCc1ccc(C)cc1.[Cl-]. The molecule has 4 saturated carbocycles. The average Bonchev–Trinajstić information content (AvgIpc) is 2.73. The molecule has 0 radical (unpaired) electrons. The normalized spacial score (nSPS) is 28.3. The quantitative estimate of drug-likeness (QED) is 0.688. The number of nitrogens with one attached hydrogen (secondary N) is 1. The Hall–Kier alpha value is -1.42. The summed E-state index contributed by atoms with van der Waals surface area (Å²) in [4.78, 5) is 0. The molecule has 0 unspecified atom stereocenters. The van der Waals surface area contributed by atoms with Crippen LogP contribution in [-0.4, -0.2) is 13.2 Å². The van der Waals surface area contributed by atoms with E-state index in [1.54, 1.807) is 7.11 Å². The number of rotatable bonds is 7. The zero-order chi connectivity index (χ0) is 20.7. The fraction of sp³-hybridized carbons (Fsp3) is 0.538. The van der Waals surface area contributed by atoms with E-state index in [9.17, 15) is 0 Å². The number of hydrogen-bond acceptors (Lipinski definition) is 3. The number of aryl methyl sites for hydroxylation is 1. The third-order valence-electron chi connectivity index (χ3n) is 7.56. The van der Waals surface area contributed by atoms with Crippen LogP contribution in [0.1, 0.15) is 48.8 Å². The van der Waals surface area contributed by atoms with Gasteiger partial charge >= 0.3 is 0 Å². The van der Waals surface area contributed by atoms with Crippen molar-refractivity contribution in [2.45, 2.75) is 58.2 Å². The van der Waals surface area contributed by atoms with E-state index in [4.69, 9.17) is 21.1 Å². The second kappa shape index (κ2) is 9.60. The van der Waals surface area contributed by atoms with E-state index in [0.717, 1.165) is 41.3 Å².